The van der Waals surface area contributed by atoms with Crippen molar-refractivity contribution >= 4 is 35.0 Å². The maximum absolute atomic E-state index is 16.6. The maximum atomic E-state index is 16.6. The number of methoxy groups -OCH3 is 2. The molecule has 5 aromatic rings. The van der Waals surface area contributed by atoms with E-state index >= 15 is 8.78 Å². The van der Waals surface area contributed by atoms with Crippen LogP contribution in [0, 0.1) is 17.8 Å². The van der Waals surface area contributed by atoms with Gasteiger partial charge < -0.3 is 39.9 Å². The van der Waals surface area contributed by atoms with E-state index in [1.165, 1.54) is 20.3 Å². The van der Waals surface area contributed by atoms with Crippen LogP contribution < -0.4 is 10.6 Å². The Kier molecular flexibility index (Phi) is 10.7. The van der Waals surface area contributed by atoms with Crippen LogP contribution in [0.15, 0.2) is 60.8 Å². The monoisotopic (exact) mass is 862 g/mol. The van der Waals surface area contributed by atoms with Crippen LogP contribution in [-0.4, -0.2) is 92.6 Å². The van der Waals surface area contributed by atoms with Gasteiger partial charge in [0.1, 0.15) is 23.7 Å². The number of rotatable bonds is 10. The Morgan fingerprint density at radius 1 is 0.778 bits per heavy atom. The van der Waals surface area contributed by atoms with E-state index in [2.05, 4.69) is 25.6 Å². The van der Waals surface area contributed by atoms with Gasteiger partial charge in [0, 0.05) is 29.3 Å². The van der Waals surface area contributed by atoms with Crippen LogP contribution in [-0.2, 0) is 25.0 Å². The maximum Gasteiger partial charge on any atom is 0.407 e. The van der Waals surface area contributed by atoms with Crippen molar-refractivity contribution in [2.45, 2.75) is 95.9 Å². The van der Waals surface area contributed by atoms with Crippen molar-refractivity contribution in [3.63, 3.8) is 0 Å². The molecule has 14 nitrogen and oxygen atoms in total. The Balaban J connectivity index is 0.952. The van der Waals surface area contributed by atoms with E-state index in [-0.39, 0.29) is 58.8 Å². The standard InChI is InChI=1S/C47H52F2N8O6/c1-23(2)38(54-45(60)62-5)43(58)56-17-7-8-37(56)41-50-22-36(53-41)27-11-15-31-30-14-10-25(19-32(30)47(48,49)33(31)20-27)26-12-16-34-35(21-26)52-42(51-34)40-28-9-13-29(18-28)57(40)44(59)39(24(3)4)55-46(61)63-6/h10-12,14-16,19-24,28-29,37-40H,7-9,13,17-18H2,1-6H3,(H,50,53)(H,51,52)(H,54,60)(H,55,61)/t28-,29-,37+,38+,39+,40+/m1/s1. The minimum Gasteiger partial charge on any atom is -0.453 e. The van der Waals surface area contributed by atoms with E-state index in [4.69, 9.17) is 14.5 Å². The lowest BCUT2D eigenvalue weighted by molar-refractivity contribution is -0.139. The first-order chi connectivity index (χ1) is 30.2. The Morgan fingerprint density at radius 3 is 2.06 bits per heavy atom. The Labute approximate surface area is 363 Å². The number of benzene rings is 3. The number of alkyl halides is 2. The van der Waals surface area contributed by atoms with Crippen LogP contribution in [0.4, 0.5) is 18.4 Å². The number of alkyl carbamates (subject to hydrolysis) is 2. The number of hydrogen-bond donors (Lipinski definition) is 4. The van der Waals surface area contributed by atoms with Gasteiger partial charge in [-0.1, -0.05) is 58.0 Å². The van der Waals surface area contributed by atoms with Crippen molar-refractivity contribution in [2.24, 2.45) is 17.8 Å². The zero-order chi connectivity index (χ0) is 44.5. The first-order valence-corrected chi connectivity index (χ1v) is 21.7. The molecule has 330 valence electrons. The number of carbonyl (C=O) groups is 4. The van der Waals surface area contributed by atoms with Crippen LogP contribution in [0.25, 0.3) is 44.5 Å². The minimum atomic E-state index is -3.29. The fraction of sp³-hybridized carbons (Fsp3) is 0.447. The number of amides is 4. The molecule has 2 aliphatic heterocycles. The summed E-state index contributed by atoms with van der Waals surface area (Å²) in [6.45, 7) is 7.98. The lowest BCUT2D eigenvalue weighted by atomic mass is 9.95. The second kappa shape index (κ2) is 16.1. The lowest BCUT2D eigenvalue weighted by Gasteiger charge is -2.37. The summed E-state index contributed by atoms with van der Waals surface area (Å²) in [5.74, 6) is -2.59. The molecular weight excluding hydrogens is 811 g/mol. The number of aromatic amines is 2. The van der Waals surface area contributed by atoms with Gasteiger partial charge in [-0.25, -0.2) is 19.6 Å². The first-order valence-electron chi connectivity index (χ1n) is 21.7. The Bertz CT molecular complexity index is 2620. The van der Waals surface area contributed by atoms with Crippen molar-refractivity contribution in [3.8, 4) is 33.5 Å². The highest BCUT2D eigenvalue weighted by molar-refractivity contribution is 5.89. The van der Waals surface area contributed by atoms with E-state index in [1.807, 2.05) is 56.9 Å². The van der Waals surface area contributed by atoms with Gasteiger partial charge in [-0.3, -0.25) is 9.59 Å². The Hall–Kier alpha value is -6.32. The molecule has 63 heavy (non-hydrogen) atoms. The minimum absolute atomic E-state index is 0.0456. The summed E-state index contributed by atoms with van der Waals surface area (Å²) in [6, 6.07) is 13.7. The highest BCUT2D eigenvalue weighted by Crippen LogP contribution is 2.53. The summed E-state index contributed by atoms with van der Waals surface area (Å²) in [6.07, 6.45) is 4.39. The molecule has 6 atom stereocenters. The predicted molar refractivity (Wildman–Crippen MR) is 230 cm³/mol. The number of ether oxygens (including phenoxy) is 2. The second-order valence-corrected chi connectivity index (χ2v) is 18.0. The van der Waals surface area contributed by atoms with Gasteiger partial charge in [-0.05, 0) is 96.4 Å². The number of halogens is 2. The number of likely N-dealkylation sites (tertiary alicyclic amines) is 2. The molecule has 4 amide bonds. The van der Waals surface area contributed by atoms with Gasteiger partial charge in [0.05, 0.1) is 49.2 Å². The average molecular weight is 863 g/mol. The number of aromatic nitrogens is 4. The van der Waals surface area contributed by atoms with E-state index in [9.17, 15) is 19.2 Å². The SMILES string of the molecule is COC(=O)N[C@H](C(=O)N1CCC[C@H]1c1ncc(-c2ccc3c(c2)C(F)(F)c2cc(-c4ccc5nc([C@@H]6[C@@H]7CC[C@H](C7)N6C(=O)[C@@H](NC(=O)OC)C(C)C)[nH]c5c4)ccc2-3)[nH]1)C(C)C. The zero-order valence-electron chi connectivity index (χ0n) is 36.1. The number of fused-ring (bicyclic) bond motifs is 6. The van der Waals surface area contributed by atoms with E-state index < -0.39 is 30.2 Å². The number of hydrogen-bond acceptors (Lipinski definition) is 8. The van der Waals surface area contributed by atoms with Gasteiger partial charge in [0.25, 0.3) is 5.92 Å². The molecule has 0 radical (unpaired) electrons. The van der Waals surface area contributed by atoms with Crippen LogP contribution >= 0.6 is 0 Å². The number of carbonyl (C=O) groups excluding carboxylic acids is 4. The third-order valence-electron chi connectivity index (χ3n) is 13.5. The molecule has 9 rings (SSSR count). The number of piperidine rings is 1. The molecule has 16 heteroatoms. The van der Waals surface area contributed by atoms with Crippen LogP contribution in [0.2, 0.25) is 0 Å². The summed E-state index contributed by atoms with van der Waals surface area (Å²) < 4.78 is 42.7. The summed E-state index contributed by atoms with van der Waals surface area (Å²) in [7, 11) is 2.53. The van der Waals surface area contributed by atoms with Crippen molar-refractivity contribution in [1.29, 1.82) is 0 Å². The predicted octanol–water partition coefficient (Wildman–Crippen LogP) is 8.22. The summed E-state index contributed by atoms with van der Waals surface area (Å²) >= 11 is 0. The second-order valence-electron chi connectivity index (χ2n) is 18.0. The van der Waals surface area contributed by atoms with Crippen LogP contribution in [0.3, 0.4) is 0 Å². The topological polar surface area (TPSA) is 175 Å². The fourth-order valence-corrected chi connectivity index (χ4v) is 10.3. The third kappa shape index (κ3) is 7.26. The fourth-order valence-electron chi connectivity index (χ4n) is 10.3. The van der Waals surface area contributed by atoms with Crippen LogP contribution in [0.1, 0.15) is 94.7 Å². The highest BCUT2D eigenvalue weighted by atomic mass is 19.3. The zero-order valence-corrected chi connectivity index (χ0v) is 36.1. The molecule has 0 unspecified atom stereocenters. The van der Waals surface area contributed by atoms with Crippen LogP contribution in [0.5, 0.6) is 0 Å². The molecule has 0 spiro atoms. The summed E-state index contributed by atoms with van der Waals surface area (Å²) in [5.41, 5.74) is 4.62. The van der Waals surface area contributed by atoms with Gasteiger partial charge in [0.2, 0.25) is 11.8 Å². The van der Waals surface area contributed by atoms with Crippen molar-refractivity contribution in [3.05, 3.63) is 83.6 Å². The number of nitrogens with one attached hydrogen (secondary N) is 4. The average Bonchev–Trinajstić information content (AvgIpc) is 4.15. The first kappa shape index (κ1) is 42.0. The third-order valence-corrected chi connectivity index (χ3v) is 13.5. The Morgan fingerprint density at radius 2 is 1.40 bits per heavy atom. The summed E-state index contributed by atoms with van der Waals surface area (Å²) in [5, 5.41) is 5.38. The van der Waals surface area contributed by atoms with Crippen molar-refractivity contribution in [2.75, 3.05) is 20.8 Å². The molecule has 1 saturated carbocycles. The van der Waals surface area contributed by atoms with E-state index in [0.29, 0.717) is 58.1 Å². The molecular formula is C47H52F2N8O6. The van der Waals surface area contributed by atoms with E-state index in [1.54, 1.807) is 35.4 Å². The van der Waals surface area contributed by atoms with E-state index in [0.717, 1.165) is 36.8 Å². The molecule has 2 aromatic heterocycles. The van der Waals surface area contributed by atoms with Crippen molar-refractivity contribution in [1.82, 2.24) is 40.4 Å². The quantitative estimate of drug-likeness (QED) is 0.109. The lowest BCUT2D eigenvalue weighted by Crippen LogP contribution is -2.54. The molecule has 2 saturated heterocycles. The number of nitrogens with zero attached hydrogens (tertiary/aromatic N) is 4. The molecule has 4 heterocycles. The molecule has 4 aliphatic rings. The molecule has 3 aromatic carbocycles. The highest BCUT2D eigenvalue weighted by Gasteiger charge is 2.52. The van der Waals surface area contributed by atoms with Crippen molar-refractivity contribution < 1.29 is 37.4 Å². The smallest absolute Gasteiger partial charge is 0.407 e. The molecule has 2 bridgehead atoms. The molecule has 2 aliphatic carbocycles. The van der Waals surface area contributed by atoms with Gasteiger partial charge >= 0.3 is 12.2 Å². The number of imidazole rings is 2. The summed E-state index contributed by atoms with van der Waals surface area (Å²) in [4.78, 5) is 71.8. The number of H-pyrrole nitrogens is 2. The largest absolute Gasteiger partial charge is 0.453 e. The van der Waals surface area contributed by atoms with Gasteiger partial charge in [-0.2, -0.15) is 8.78 Å². The molecule has 4 N–H and O–H groups in total. The normalized spacial score (nSPS) is 21.7. The van der Waals surface area contributed by atoms with Gasteiger partial charge in [-0.15, -0.1) is 0 Å². The molecule has 3 fully saturated rings. The van der Waals surface area contributed by atoms with Gasteiger partial charge in [0.15, 0.2) is 0 Å².